The van der Waals surface area contributed by atoms with Crippen molar-refractivity contribution in [3.63, 3.8) is 0 Å². The lowest BCUT2D eigenvalue weighted by Gasteiger charge is -2.14. The molecule has 3 aromatic rings. The first kappa shape index (κ1) is 19.6. The molecule has 1 unspecified atom stereocenters. The molecule has 1 aliphatic carbocycles. The Morgan fingerprint density at radius 3 is 2.62 bits per heavy atom. The van der Waals surface area contributed by atoms with E-state index >= 15 is 0 Å². The van der Waals surface area contributed by atoms with E-state index in [1.165, 1.54) is 23.9 Å². The molecule has 0 radical (unpaired) electrons. The molecule has 4 rings (SSSR count). The van der Waals surface area contributed by atoms with Gasteiger partial charge in [0.2, 0.25) is 5.91 Å². The molecule has 1 aromatic heterocycles. The van der Waals surface area contributed by atoms with Crippen LogP contribution in [-0.2, 0) is 4.79 Å². The number of rotatable bonds is 6. The van der Waals surface area contributed by atoms with Crippen molar-refractivity contribution in [3.05, 3.63) is 59.7 Å². The first-order valence-corrected chi connectivity index (χ1v) is 10.3. The minimum Gasteiger partial charge on any atom is -0.325 e. The number of carbonyl (C=O) groups excluding carboxylic acids is 1. The van der Waals surface area contributed by atoms with E-state index in [1.807, 2.05) is 4.57 Å². The largest absolute Gasteiger partial charge is 0.325 e. The Labute approximate surface area is 171 Å². The first-order valence-electron chi connectivity index (χ1n) is 9.37. The van der Waals surface area contributed by atoms with Crippen LogP contribution >= 0.6 is 11.8 Å². The summed E-state index contributed by atoms with van der Waals surface area (Å²) in [6.07, 6.45) is 1.94. The monoisotopic (exact) mass is 414 g/mol. The van der Waals surface area contributed by atoms with E-state index in [1.54, 1.807) is 44.2 Å². The summed E-state index contributed by atoms with van der Waals surface area (Å²) in [5.41, 5.74) is 1.32. The molecular weight excluding hydrogens is 394 g/mol. The van der Waals surface area contributed by atoms with Gasteiger partial charge in [-0.25, -0.2) is 8.78 Å². The molecule has 150 valence electrons. The van der Waals surface area contributed by atoms with Gasteiger partial charge >= 0.3 is 0 Å². The summed E-state index contributed by atoms with van der Waals surface area (Å²) in [4.78, 5) is 12.6. The number of anilines is 1. The molecule has 1 fully saturated rings. The highest BCUT2D eigenvalue weighted by atomic mass is 32.2. The lowest BCUT2D eigenvalue weighted by molar-refractivity contribution is -0.115. The fourth-order valence-electron chi connectivity index (χ4n) is 2.97. The SMILES string of the molecule is Cc1ccc(NC(=O)C(C)Sc2nnc(-c3ccccc3F)n2C2CC2)cc1F. The highest BCUT2D eigenvalue weighted by Crippen LogP contribution is 2.42. The van der Waals surface area contributed by atoms with E-state index in [9.17, 15) is 13.6 Å². The van der Waals surface area contributed by atoms with Gasteiger partial charge in [0.25, 0.3) is 0 Å². The molecule has 1 aliphatic rings. The van der Waals surface area contributed by atoms with E-state index in [4.69, 9.17) is 0 Å². The normalized spacial score (nSPS) is 14.6. The Morgan fingerprint density at radius 2 is 1.93 bits per heavy atom. The number of thioether (sulfide) groups is 1. The van der Waals surface area contributed by atoms with E-state index in [2.05, 4.69) is 15.5 Å². The minimum atomic E-state index is -0.491. The third-order valence-electron chi connectivity index (χ3n) is 4.78. The molecule has 0 aliphatic heterocycles. The maximum atomic E-state index is 14.3. The molecular formula is C21H20F2N4OS. The van der Waals surface area contributed by atoms with Gasteiger partial charge in [0.05, 0.1) is 10.8 Å². The van der Waals surface area contributed by atoms with Crippen molar-refractivity contribution in [1.82, 2.24) is 14.8 Å². The minimum absolute atomic E-state index is 0.212. The Morgan fingerprint density at radius 1 is 1.17 bits per heavy atom. The number of nitrogens with one attached hydrogen (secondary N) is 1. The molecule has 0 spiro atoms. The smallest absolute Gasteiger partial charge is 0.237 e. The number of aryl methyl sites for hydroxylation is 1. The number of carbonyl (C=O) groups is 1. The van der Waals surface area contributed by atoms with Crippen LogP contribution in [0.1, 0.15) is 31.4 Å². The molecule has 1 saturated carbocycles. The van der Waals surface area contributed by atoms with E-state index in [0.717, 1.165) is 12.8 Å². The quantitative estimate of drug-likeness (QED) is 0.578. The van der Waals surface area contributed by atoms with Crippen molar-refractivity contribution in [2.24, 2.45) is 0 Å². The predicted molar refractivity (Wildman–Crippen MR) is 109 cm³/mol. The molecule has 2 aromatic carbocycles. The van der Waals surface area contributed by atoms with Gasteiger partial charge in [-0.2, -0.15) is 0 Å². The topological polar surface area (TPSA) is 59.8 Å². The van der Waals surface area contributed by atoms with Gasteiger partial charge in [0, 0.05) is 11.7 Å². The van der Waals surface area contributed by atoms with Crippen LogP contribution in [0.25, 0.3) is 11.4 Å². The van der Waals surface area contributed by atoms with Crippen molar-refractivity contribution in [3.8, 4) is 11.4 Å². The fraction of sp³-hybridized carbons (Fsp3) is 0.286. The van der Waals surface area contributed by atoms with Crippen LogP contribution < -0.4 is 5.32 Å². The number of halogens is 2. The van der Waals surface area contributed by atoms with E-state index < -0.39 is 5.25 Å². The van der Waals surface area contributed by atoms with Crippen molar-refractivity contribution in [1.29, 1.82) is 0 Å². The van der Waals surface area contributed by atoms with Crippen molar-refractivity contribution in [2.45, 2.75) is 43.1 Å². The zero-order valence-electron chi connectivity index (χ0n) is 16.0. The second-order valence-corrected chi connectivity index (χ2v) is 8.41. The molecule has 1 heterocycles. The van der Waals surface area contributed by atoms with Gasteiger partial charge in [-0.1, -0.05) is 30.0 Å². The predicted octanol–water partition coefficient (Wildman–Crippen LogP) is 4.99. The second-order valence-electron chi connectivity index (χ2n) is 7.10. The number of hydrogen-bond acceptors (Lipinski definition) is 4. The molecule has 29 heavy (non-hydrogen) atoms. The maximum Gasteiger partial charge on any atom is 0.237 e. The van der Waals surface area contributed by atoms with Crippen molar-refractivity contribution >= 4 is 23.4 Å². The highest BCUT2D eigenvalue weighted by Gasteiger charge is 2.32. The lowest BCUT2D eigenvalue weighted by atomic mass is 10.2. The standard InChI is InChI=1S/C21H20F2N4OS/c1-12-7-8-14(11-18(12)23)24-20(28)13(2)29-21-26-25-19(27(21)15-9-10-15)16-5-3-4-6-17(16)22/h3-8,11,13,15H,9-10H2,1-2H3,(H,24,28). The van der Waals surface area contributed by atoms with Crippen LogP contribution in [0, 0.1) is 18.6 Å². The summed E-state index contributed by atoms with van der Waals surface area (Å²) in [5.74, 6) is -0.519. The summed E-state index contributed by atoms with van der Waals surface area (Å²) in [5, 5.41) is 11.2. The third-order valence-corrected chi connectivity index (χ3v) is 5.84. The summed E-state index contributed by atoms with van der Waals surface area (Å²) in [6, 6.07) is 11.3. The van der Waals surface area contributed by atoms with Gasteiger partial charge in [0.15, 0.2) is 11.0 Å². The van der Waals surface area contributed by atoms with Gasteiger partial charge in [0.1, 0.15) is 11.6 Å². The number of nitrogens with zero attached hydrogens (tertiary/aromatic N) is 3. The average Bonchev–Trinajstić information content (AvgIpc) is 3.45. The Bertz CT molecular complexity index is 1060. The number of hydrogen-bond donors (Lipinski definition) is 1. The van der Waals surface area contributed by atoms with Crippen LogP contribution in [0.2, 0.25) is 0 Å². The molecule has 0 bridgehead atoms. The Hall–Kier alpha value is -2.74. The van der Waals surface area contributed by atoms with Gasteiger partial charge in [-0.15, -0.1) is 10.2 Å². The van der Waals surface area contributed by atoms with E-state index in [-0.39, 0.29) is 23.6 Å². The van der Waals surface area contributed by atoms with Crippen LogP contribution in [-0.4, -0.2) is 25.9 Å². The van der Waals surface area contributed by atoms with Crippen LogP contribution in [0.5, 0.6) is 0 Å². The van der Waals surface area contributed by atoms with Gasteiger partial charge < -0.3 is 5.32 Å². The molecule has 5 nitrogen and oxygen atoms in total. The van der Waals surface area contributed by atoms with Crippen molar-refractivity contribution in [2.75, 3.05) is 5.32 Å². The third kappa shape index (κ3) is 4.17. The first-order chi connectivity index (χ1) is 13.9. The Kier molecular flexibility index (Phi) is 5.36. The summed E-state index contributed by atoms with van der Waals surface area (Å²) < 4.78 is 29.9. The van der Waals surface area contributed by atoms with E-state index in [0.29, 0.717) is 27.8 Å². The molecule has 8 heteroatoms. The number of benzene rings is 2. The summed E-state index contributed by atoms with van der Waals surface area (Å²) in [7, 11) is 0. The molecule has 0 saturated heterocycles. The molecule has 1 N–H and O–H groups in total. The van der Waals surface area contributed by atoms with Crippen LogP contribution in [0.3, 0.4) is 0 Å². The fourth-order valence-corrected chi connectivity index (χ4v) is 3.89. The second kappa shape index (κ2) is 7.94. The van der Waals surface area contributed by atoms with Crippen LogP contribution in [0.4, 0.5) is 14.5 Å². The summed E-state index contributed by atoms with van der Waals surface area (Å²) in [6.45, 7) is 3.41. The van der Waals surface area contributed by atoms with Crippen LogP contribution in [0.15, 0.2) is 47.6 Å². The Balaban J connectivity index is 1.54. The number of amides is 1. The van der Waals surface area contributed by atoms with Crippen molar-refractivity contribution < 1.29 is 13.6 Å². The molecule has 1 amide bonds. The molecule has 1 atom stereocenters. The maximum absolute atomic E-state index is 14.3. The highest BCUT2D eigenvalue weighted by molar-refractivity contribution is 8.00. The summed E-state index contributed by atoms with van der Waals surface area (Å²) >= 11 is 1.26. The number of aromatic nitrogens is 3. The lowest BCUT2D eigenvalue weighted by Crippen LogP contribution is -2.23. The zero-order valence-corrected chi connectivity index (χ0v) is 16.8. The van der Waals surface area contributed by atoms with Gasteiger partial charge in [-0.05, 0) is 56.5 Å². The zero-order chi connectivity index (χ0) is 20.5. The van der Waals surface area contributed by atoms with Gasteiger partial charge in [-0.3, -0.25) is 9.36 Å². The average molecular weight is 414 g/mol.